The number of nitrogens with zero attached hydrogens (tertiary/aromatic N) is 5. The topological polar surface area (TPSA) is 71.2 Å². The Morgan fingerprint density at radius 1 is 1.05 bits per heavy atom. The Balaban J connectivity index is 2.13. The fourth-order valence-corrected chi connectivity index (χ4v) is 2.85. The first-order valence-corrected chi connectivity index (χ1v) is 7.61. The van der Waals surface area contributed by atoms with Crippen molar-refractivity contribution in [2.75, 3.05) is 42.2 Å². The molecule has 6 heteroatoms. The molecule has 1 aromatic heterocycles. The smallest absolute Gasteiger partial charge is 0.231 e. The van der Waals surface area contributed by atoms with Crippen LogP contribution in [0.1, 0.15) is 39.5 Å². The molecule has 1 fully saturated rings. The van der Waals surface area contributed by atoms with Crippen LogP contribution in [0.5, 0.6) is 0 Å². The van der Waals surface area contributed by atoms with Gasteiger partial charge < -0.3 is 15.5 Å². The molecule has 0 bridgehead atoms. The van der Waals surface area contributed by atoms with Crippen LogP contribution in [0.15, 0.2) is 0 Å². The van der Waals surface area contributed by atoms with Crippen LogP contribution in [0, 0.1) is 5.92 Å². The molecular formula is C14H26N6. The van der Waals surface area contributed by atoms with E-state index in [2.05, 4.69) is 38.6 Å². The largest absolute Gasteiger partial charge is 0.368 e. The van der Waals surface area contributed by atoms with Gasteiger partial charge in [-0.2, -0.15) is 15.0 Å². The average molecular weight is 278 g/mol. The number of hydrogen-bond donors (Lipinski definition) is 1. The van der Waals surface area contributed by atoms with Crippen LogP contribution < -0.4 is 15.5 Å². The average Bonchev–Trinajstić information content (AvgIpc) is 2.92. The molecule has 2 rings (SSSR count). The molecule has 1 saturated carbocycles. The van der Waals surface area contributed by atoms with E-state index in [1.165, 1.54) is 25.7 Å². The first-order chi connectivity index (χ1) is 9.63. The Labute approximate surface area is 121 Å². The van der Waals surface area contributed by atoms with Gasteiger partial charge in [-0.05, 0) is 32.6 Å². The van der Waals surface area contributed by atoms with Crippen LogP contribution in [0.4, 0.5) is 17.8 Å². The van der Waals surface area contributed by atoms with E-state index in [4.69, 9.17) is 5.73 Å². The molecule has 0 unspecified atom stereocenters. The summed E-state index contributed by atoms with van der Waals surface area (Å²) in [5, 5.41) is 0. The Hall–Kier alpha value is -1.59. The van der Waals surface area contributed by atoms with Gasteiger partial charge in [0.1, 0.15) is 0 Å². The van der Waals surface area contributed by atoms with Crippen LogP contribution in [-0.2, 0) is 0 Å². The quantitative estimate of drug-likeness (QED) is 0.857. The molecule has 0 amide bonds. The maximum atomic E-state index is 5.84. The predicted octanol–water partition coefficient (Wildman–Crippen LogP) is 1.93. The summed E-state index contributed by atoms with van der Waals surface area (Å²) in [6.45, 7) is 6.91. The first-order valence-electron chi connectivity index (χ1n) is 7.61. The van der Waals surface area contributed by atoms with Gasteiger partial charge in [-0.25, -0.2) is 0 Å². The maximum Gasteiger partial charge on any atom is 0.231 e. The third-order valence-corrected chi connectivity index (χ3v) is 4.02. The molecule has 6 nitrogen and oxygen atoms in total. The van der Waals surface area contributed by atoms with Crippen molar-refractivity contribution in [3.8, 4) is 0 Å². The summed E-state index contributed by atoms with van der Waals surface area (Å²) in [6.07, 6.45) is 5.33. The van der Waals surface area contributed by atoms with E-state index in [9.17, 15) is 0 Å². The van der Waals surface area contributed by atoms with E-state index in [0.717, 1.165) is 25.6 Å². The van der Waals surface area contributed by atoms with Crippen molar-refractivity contribution >= 4 is 17.8 Å². The minimum atomic E-state index is 0.301. The van der Waals surface area contributed by atoms with Gasteiger partial charge in [0.05, 0.1) is 0 Å². The van der Waals surface area contributed by atoms with E-state index >= 15 is 0 Å². The lowest BCUT2D eigenvalue weighted by Crippen LogP contribution is -2.29. The molecule has 0 aliphatic heterocycles. The van der Waals surface area contributed by atoms with Gasteiger partial charge in [-0.3, -0.25) is 0 Å². The predicted molar refractivity (Wildman–Crippen MR) is 83.0 cm³/mol. The molecule has 0 spiro atoms. The van der Waals surface area contributed by atoms with E-state index < -0.39 is 0 Å². The number of nitrogen functional groups attached to an aromatic ring is 1. The summed E-state index contributed by atoms with van der Waals surface area (Å²) in [4.78, 5) is 17.3. The molecule has 1 aliphatic rings. The lowest BCUT2D eigenvalue weighted by molar-refractivity contribution is 0.542. The third kappa shape index (κ3) is 3.49. The summed E-state index contributed by atoms with van der Waals surface area (Å²) in [5.41, 5.74) is 5.84. The Bertz CT molecular complexity index is 426. The highest BCUT2D eigenvalue weighted by atomic mass is 15.3. The van der Waals surface area contributed by atoms with Crippen molar-refractivity contribution in [1.29, 1.82) is 0 Å². The van der Waals surface area contributed by atoms with Crippen molar-refractivity contribution < 1.29 is 0 Å². The van der Waals surface area contributed by atoms with Crippen LogP contribution in [-0.4, -0.2) is 41.6 Å². The molecule has 1 heterocycles. The number of aromatic nitrogens is 3. The van der Waals surface area contributed by atoms with Gasteiger partial charge in [0, 0.05) is 26.7 Å². The van der Waals surface area contributed by atoms with Gasteiger partial charge in [0.15, 0.2) is 0 Å². The van der Waals surface area contributed by atoms with Crippen molar-refractivity contribution in [2.24, 2.45) is 5.92 Å². The van der Waals surface area contributed by atoms with Crippen molar-refractivity contribution in [2.45, 2.75) is 39.5 Å². The monoisotopic (exact) mass is 278 g/mol. The van der Waals surface area contributed by atoms with E-state index in [1.54, 1.807) is 0 Å². The fourth-order valence-electron chi connectivity index (χ4n) is 2.85. The Kier molecular flexibility index (Phi) is 4.98. The molecule has 112 valence electrons. The third-order valence-electron chi connectivity index (χ3n) is 4.02. The zero-order chi connectivity index (χ0) is 14.5. The zero-order valence-electron chi connectivity index (χ0n) is 12.8. The lowest BCUT2D eigenvalue weighted by Gasteiger charge is -2.23. The molecule has 0 aromatic carbocycles. The number of nitrogens with two attached hydrogens (primary N) is 1. The van der Waals surface area contributed by atoms with Crippen LogP contribution in [0.3, 0.4) is 0 Å². The molecule has 2 N–H and O–H groups in total. The Morgan fingerprint density at radius 3 is 2.25 bits per heavy atom. The van der Waals surface area contributed by atoms with Crippen molar-refractivity contribution in [3.05, 3.63) is 0 Å². The summed E-state index contributed by atoms with van der Waals surface area (Å²) in [6, 6.07) is 0. The molecular weight excluding hydrogens is 252 g/mol. The molecule has 1 aliphatic carbocycles. The van der Waals surface area contributed by atoms with Crippen molar-refractivity contribution in [1.82, 2.24) is 15.0 Å². The van der Waals surface area contributed by atoms with Crippen LogP contribution in [0.2, 0.25) is 0 Å². The molecule has 0 saturated heterocycles. The summed E-state index contributed by atoms with van der Waals surface area (Å²) in [5.74, 6) is 2.42. The van der Waals surface area contributed by atoms with Gasteiger partial charge in [0.2, 0.25) is 17.8 Å². The van der Waals surface area contributed by atoms with E-state index in [-0.39, 0.29) is 0 Å². The highest BCUT2D eigenvalue weighted by Crippen LogP contribution is 2.26. The minimum absolute atomic E-state index is 0.301. The van der Waals surface area contributed by atoms with Crippen LogP contribution in [0.25, 0.3) is 0 Å². The summed E-state index contributed by atoms with van der Waals surface area (Å²) >= 11 is 0. The second-order valence-corrected chi connectivity index (χ2v) is 5.50. The van der Waals surface area contributed by atoms with Gasteiger partial charge >= 0.3 is 0 Å². The lowest BCUT2D eigenvalue weighted by atomic mass is 10.1. The normalized spacial score (nSPS) is 15.6. The van der Waals surface area contributed by atoms with Gasteiger partial charge in [-0.1, -0.05) is 12.8 Å². The SMILES string of the molecule is CCN(CC)c1nc(N)nc(N(C)CC2CCCC2)n1. The minimum Gasteiger partial charge on any atom is -0.368 e. The van der Waals surface area contributed by atoms with E-state index in [1.807, 2.05) is 7.05 Å². The standard InChI is InChI=1S/C14H26N6/c1-4-20(5-2)14-17-12(15)16-13(18-14)19(3)10-11-8-6-7-9-11/h11H,4-10H2,1-3H3,(H2,15,16,17,18). The molecule has 0 radical (unpaired) electrons. The number of rotatable bonds is 6. The van der Waals surface area contributed by atoms with Gasteiger partial charge in [0.25, 0.3) is 0 Å². The highest BCUT2D eigenvalue weighted by Gasteiger charge is 2.19. The summed E-state index contributed by atoms with van der Waals surface area (Å²) in [7, 11) is 2.04. The van der Waals surface area contributed by atoms with Gasteiger partial charge in [-0.15, -0.1) is 0 Å². The first kappa shape index (κ1) is 14.8. The van der Waals surface area contributed by atoms with Crippen LogP contribution >= 0.6 is 0 Å². The molecule has 0 atom stereocenters. The fraction of sp³-hybridized carbons (Fsp3) is 0.786. The maximum absolute atomic E-state index is 5.84. The highest BCUT2D eigenvalue weighted by molar-refractivity contribution is 5.43. The Morgan fingerprint density at radius 2 is 1.65 bits per heavy atom. The summed E-state index contributed by atoms with van der Waals surface area (Å²) < 4.78 is 0. The molecule has 1 aromatic rings. The number of anilines is 3. The number of hydrogen-bond acceptors (Lipinski definition) is 6. The second-order valence-electron chi connectivity index (χ2n) is 5.50. The van der Waals surface area contributed by atoms with E-state index in [0.29, 0.717) is 17.8 Å². The van der Waals surface area contributed by atoms with Crippen molar-refractivity contribution in [3.63, 3.8) is 0 Å². The molecule has 20 heavy (non-hydrogen) atoms. The second kappa shape index (κ2) is 6.72. The zero-order valence-corrected chi connectivity index (χ0v) is 12.8.